The molecule has 0 heterocycles. The zero-order chi connectivity index (χ0) is 9.19. The molecule has 0 aliphatic heterocycles. The Morgan fingerprint density at radius 1 is 0.462 bits per heavy atom. The van der Waals surface area contributed by atoms with E-state index in [2.05, 4.69) is 24.3 Å². The van der Waals surface area contributed by atoms with Gasteiger partial charge in [0.15, 0.2) is 0 Å². The number of rotatable bonds is 0. The molecule has 0 amide bonds. The molecule has 1 rings (SSSR count). The Morgan fingerprint density at radius 3 is 1.46 bits per heavy atom. The van der Waals surface area contributed by atoms with Crippen molar-refractivity contribution in [3.63, 3.8) is 0 Å². The number of allylic oxidation sites excluding steroid dienone is 4. The van der Waals surface area contributed by atoms with E-state index in [1.807, 2.05) is 0 Å². The normalized spacial score (nSPS) is 24.0. The molecule has 0 atom stereocenters. The van der Waals surface area contributed by atoms with Crippen LogP contribution in [0.1, 0.15) is 57.8 Å². The highest BCUT2D eigenvalue weighted by Crippen LogP contribution is 2.10. The molecule has 0 N–H and O–H groups in total. The molecular weight excluding hydrogens is 156 g/mol. The van der Waals surface area contributed by atoms with Gasteiger partial charge in [-0.2, -0.15) is 0 Å². The smallest absolute Gasteiger partial charge is 0.0169 e. The molecule has 0 radical (unpaired) electrons. The van der Waals surface area contributed by atoms with Crippen LogP contribution in [0.5, 0.6) is 0 Å². The van der Waals surface area contributed by atoms with Crippen LogP contribution in [0.25, 0.3) is 0 Å². The Bertz CT molecular complexity index is 135. The predicted molar refractivity (Wildman–Crippen MR) is 59.8 cm³/mol. The molecule has 0 unspecified atom stereocenters. The molecular formula is C13H22. The lowest BCUT2D eigenvalue weighted by Gasteiger charge is -1.98. The third-order valence-electron chi connectivity index (χ3n) is 2.60. The Labute approximate surface area is 82.7 Å². The molecule has 0 bridgehead atoms. The number of hydrogen-bond acceptors (Lipinski definition) is 0. The van der Waals surface area contributed by atoms with Crippen molar-refractivity contribution < 1.29 is 0 Å². The van der Waals surface area contributed by atoms with E-state index < -0.39 is 0 Å². The van der Waals surface area contributed by atoms with Crippen molar-refractivity contribution in [3.05, 3.63) is 24.3 Å². The first-order chi connectivity index (χ1) is 6.50. The molecule has 0 heteroatoms. The summed E-state index contributed by atoms with van der Waals surface area (Å²) in [6, 6.07) is 0. The van der Waals surface area contributed by atoms with Crippen LogP contribution in [0.15, 0.2) is 24.3 Å². The van der Waals surface area contributed by atoms with Gasteiger partial charge in [0.25, 0.3) is 0 Å². The Kier molecular flexibility index (Phi) is 6.58. The summed E-state index contributed by atoms with van der Waals surface area (Å²) in [4.78, 5) is 0. The van der Waals surface area contributed by atoms with Crippen molar-refractivity contribution in [1.82, 2.24) is 0 Å². The predicted octanol–water partition coefficient (Wildman–Crippen LogP) is 4.62. The molecule has 0 aromatic rings. The molecule has 0 aromatic carbocycles. The van der Waals surface area contributed by atoms with Gasteiger partial charge in [0.05, 0.1) is 0 Å². The molecule has 0 saturated carbocycles. The topological polar surface area (TPSA) is 0 Å². The first kappa shape index (κ1) is 10.6. The molecule has 0 nitrogen and oxygen atoms in total. The third-order valence-corrected chi connectivity index (χ3v) is 2.60. The highest BCUT2D eigenvalue weighted by atomic mass is 14.0. The molecule has 0 saturated heterocycles. The lowest BCUT2D eigenvalue weighted by Crippen LogP contribution is -1.78. The van der Waals surface area contributed by atoms with Crippen molar-refractivity contribution in [2.75, 3.05) is 0 Å². The lowest BCUT2D eigenvalue weighted by atomic mass is 10.1. The standard InChI is InChI=1S/C13H22/c1-2-4-6-8-10-12-13-11-9-7-5-3-1/h1-2,5,7H,3-4,6,8-13H2/b2-1+,7-5?. The second-order valence-corrected chi connectivity index (χ2v) is 3.88. The van der Waals surface area contributed by atoms with Crippen LogP contribution in [-0.4, -0.2) is 0 Å². The minimum Gasteiger partial charge on any atom is -0.0882 e. The third kappa shape index (κ3) is 6.62. The fourth-order valence-corrected chi connectivity index (χ4v) is 1.74. The minimum atomic E-state index is 1.14. The van der Waals surface area contributed by atoms with Gasteiger partial charge in [0.1, 0.15) is 0 Å². The van der Waals surface area contributed by atoms with Crippen LogP contribution in [0, 0.1) is 0 Å². The summed E-state index contributed by atoms with van der Waals surface area (Å²) in [6.07, 6.45) is 21.5. The van der Waals surface area contributed by atoms with Crippen molar-refractivity contribution in [3.8, 4) is 0 Å². The van der Waals surface area contributed by atoms with Gasteiger partial charge in [0.2, 0.25) is 0 Å². The van der Waals surface area contributed by atoms with E-state index in [-0.39, 0.29) is 0 Å². The van der Waals surface area contributed by atoms with Crippen LogP contribution in [-0.2, 0) is 0 Å². The molecule has 0 fully saturated rings. The van der Waals surface area contributed by atoms with Crippen LogP contribution >= 0.6 is 0 Å². The maximum absolute atomic E-state index is 2.34. The molecule has 13 heavy (non-hydrogen) atoms. The maximum atomic E-state index is 2.34. The van der Waals surface area contributed by atoms with Crippen molar-refractivity contribution in [2.45, 2.75) is 57.8 Å². The van der Waals surface area contributed by atoms with E-state index in [0.29, 0.717) is 0 Å². The summed E-state index contributed by atoms with van der Waals surface area (Å²) in [7, 11) is 0. The summed E-state index contributed by atoms with van der Waals surface area (Å²) in [5.74, 6) is 0. The highest BCUT2D eigenvalue weighted by molar-refractivity contribution is 4.92. The molecule has 0 aromatic heterocycles. The van der Waals surface area contributed by atoms with E-state index in [1.165, 1.54) is 51.4 Å². The first-order valence-electron chi connectivity index (χ1n) is 5.80. The van der Waals surface area contributed by atoms with Crippen molar-refractivity contribution >= 4 is 0 Å². The van der Waals surface area contributed by atoms with E-state index in [0.717, 1.165) is 6.42 Å². The first-order valence-corrected chi connectivity index (χ1v) is 5.80. The van der Waals surface area contributed by atoms with Gasteiger partial charge in [-0.1, -0.05) is 50.0 Å². The van der Waals surface area contributed by atoms with E-state index in [1.54, 1.807) is 0 Å². The van der Waals surface area contributed by atoms with Gasteiger partial charge in [-0.15, -0.1) is 0 Å². The summed E-state index contributed by atoms with van der Waals surface area (Å²) < 4.78 is 0. The molecule has 1 aliphatic carbocycles. The zero-order valence-electron chi connectivity index (χ0n) is 8.67. The van der Waals surface area contributed by atoms with Gasteiger partial charge in [-0.3, -0.25) is 0 Å². The number of hydrogen-bond donors (Lipinski definition) is 0. The van der Waals surface area contributed by atoms with E-state index >= 15 is 0 Å². The van der Waals surface area contributed by atoms with Crippen molar-refractivity contribution in [1.29, 1.82) is 0 Å². The maximum Gasteiger partial charge on any atom is -0.0169 e. The Morgan fingerprint density at radius 2 is 0.923 bits per heavy atom. The average Bonchev–Trinajstić information content (AvgIpc) is 2.18. The van der Waals surface area contributed by atoms with E-state index in [9.17, 15) is 0 Å². The molecule has 0 spiro atoms. The molecule has 1 aliphatic rings. The minimum absolute atomic E-state index is 1.14. The van der Waals surface area contributed by atoms with Gasteiger partial charge in [-0.25, -0.2) is 0 Å². The van der Waals surface area contributed by atoms with Gasteiger partial charge in [0, 0.05) is 0 Å². The van der Waals surface area contributed by atoms with E-state index in [4.69, 9.17) is 0 Å². The van der Waals surface area contributed by atoms with Crippen LogP contribution in [0.4, 0.5) is 0 Å². The lowest BCUT2D eigenvalue weighted by molar-refractivity contribution is 0.600. The second kappa shape index (κ2) is 8.10. The summed E-state index contributed by atoms with van der Waals surface area (Å²) >= 11 is 0. The largest absolute Gasteiger partial charge is 0.0882 e. The summed E-state index contributed by atoms with van der Waals surface area (Å²) in [5.41, 5.74) is 0. The monoisotopic (exact) mass is 178 g/mol. The van der Waals surface area contributed by atoms with Crippen LogP contribution < -0.4 is 0 Å². The van der Waals surface area contributed by atoms with Crippen molar-refractivity contribution in [2.24, 2.45) is 0 Å². The second-order valence-electron chi connectivity index (χ2n) is 3.88. The molecule has 74 valence electrons. The van der Waals surface area contributed by atoms with Crippen LogP contribution in [0.3, 0.4) is 0 Å². The quantitative estimate of drug-likeness (QED) is 0.475. The fourth-order valence-electron chi connectivity index (χ4n) is 1.74. The van der Waals surface area contributed by atoms with Gasteiger partial charge >= 0.3 is 0 Å². The summed E-state index contributed by atoms with van der Waals surface area (Å²) in [6.45, 7) is 0. The average molecular weight is 178 g/mol. The van der Waals surface area contributed by atoms with Gasteiger partial charge in [-0.05, 0) is 32.1 Å². The Hall–Kier alpha value is -0.520. The Balaban J connectivity index is 2.18. The van der Waals surface area contributed by atoms with Crippen LogP contribution in [0.2, 0.25) is 0 Å². The van der Waals surface area contributed by atoms with Gasteiger partial charge < -0.3 is 0 Å². The fraction of sp³-hybridized carbons (Fsp3) is 0.692. The zero-order valence-corrected chi connectivity index (χ0v) is 8.67. The SMILES string of the molecule is C1=CCCCCCCCC/C=C/C1. The summed E-state index contributed by atoms with van der Waals surface area (Å²) in [5, 5.41) is 0. The highest BCUT2D eigenvalue weighted by Gasteiger charge is 1.90.